The fraction of sp³-hybridized carbons (Fsp3) is 0.917. The summed E-state index contributed by atoms with van der Waals surface area (Å²) in [5.41, 5.74) is 0. The summed E-state index contributed by atoms with van der Waals surface area (Å²) in [6.07, 6.45) is 3.14. The molecular formula is C12H25NO3. The van der Waals surface area contributed by atoms with Crippen molar-refractivity contribution in [2.45, 2.75) is 39.5 Å². The average Bonchev–Trinajstić information content (AvgIpc) is 2.25. The second kappa shape index (κ2) is 10.9. The minimum Gasteiger partial charge on any atom is -0.481 e. The normalized spacial score (nSPS) is 12.6. The number of carboxylic acids is 1. The van der Waals surface area contributed by atoms with Gasteiger partial charge in [0.1, 0.15) is 0 Å². The Labute approximate surface area is 98.4 Å². The summed E-state index contributed by atoms with van der Waals surface area (Å²) in [6, 6.07) is 0. The smallest absolute Gasteiger partial charge is 0.303 e. The molecule has 2 N–H and O–H groups in total. The first-order valence-electron chi connectivity index (χ1n) is 6.17. The molecule has 0 aliphatic carbocycles. The molecule has 1 atom stereocenters. The zero-order valence-corrected chi connectivity index (χ0v) is 10.5. The van der Waals surface area contributed by atoms with Crippen molar-refractivity contribution in [1.82, 2.24) is 5.32 Å². The van der Waals surface area contributed by atoms with Gasteiger partial charge in [-0.25, -0.2) is 0 Å². The molecule has 0 spiro atoms. The van der Waals surface area contributed by atoms with Crippen molar-refractivity contribution in [2.24, 2.45) is 5.92 Å². The zero-order chi connectivity index (χ0) is 12.2. The van der Waals surface area contributed by atoms with E-state index in [0.29, 0.717) is 5.92 Å². The highest BCUT2D eigenvalue weighted by molar-refractivity contribution is 5.66. The van der Waals surface area contributed by atoms with E-state index >= 15 is 0 Å². The number of ether oxygens (including phenoxy) is 1. The van der Waals surface area contributed by atoms with Gasteiger partial charge in [-0.15, -0.1) is 0 Å². The summed E-state index contributed by atoms with van der Waals surface area (Å²) >= 11 is 0. The van der Waals surface area contributed by atoms with Crippen LogP contribution >= 0.6 is 0 Å². The molecule has 0 aliphatic heterocycles. The predicted molar refractivity (Wildman–Crippen MR) is 64.6 cm³/mol. The highest BCUT2D eigenvalue weighted by atomic mass is 16.5. The minimum atomic E-state index is -0.701. The van der Waals surface area contributed by atoms with Gasteiger partial charge in [-0.1, -0.05) is 13.8 Å². The van der Waals surface area contributed by atoms with Crippen molar-refractivity contribution in [2.75, 3.05) is 26.3 Å². The van der Waals surface area contributed by atoms with Crippen molar-refractivity contribution in [3.63, 3.8) is 0 Å². The Morgan fingerprint density at radius 2 is 2.06 bits per heavy atom. The molecule has 0 aromatic carbocycles. The van der Waals surface area contributed by atoms with Gasteiger partial charge >= 0.3 is 5.97 Å². The van der Waals surface area contributed by atoms with Gasteiger partial charge < -0.3 is 15.2 Å². The maximum atomic E-state index is 10.3. The zero-order valence-electron chi connectivity index (χ0n) is 10.5. The Kier molecular flexibility index (Phi) is 10.5. The summed E-state index contributed by atoms with van der Waals surface area (Å²) in [5.74, 6) is -0.229. The Bertz CT molecular complexity index is 174. The van der Waals surface area contributed by atoms with Gasteiger partial charge in [0, 0.05) is 19.6 Å². The quantitative estimate of drug-likeness (QED) is 0.533. The van der Waals surface area contributed by atoms with E-state index in [1.165, 1.54) is 0 Å². The van der Waals surface area contributed by atoms with Gasteiger partial charge in [0.2, 0.25) is 0 Å². The van der Waals surface area contributed by atoms with E-state index in [2.05, 4.69) is 19.2 Å². The Morgan fingerprint density at radius 3 is 2.69 bits per heavy atom. The van der Waals surface area contributed by atoms with Crippen molar-refractivity contribution < 1.29 is 14.6 Å². The van der Waals surface area contributed by atoms with E-state index in [9.17, 15) is 4.79 Å². The molecule has 0 aromatic heterocycles. The van der Waals surface area contributed by atoms with Crippen molar-refractivity contribution in [1.29, 1.82) is 0 Å². The molecule has 0 bridgehead atoms. The lowest BCUT2D eigenvalue weighted by Crippen LogP contribution is -2.22. The third-order valence-corrected chi connectivity index (χ3v) is 2.44. The van der Waals surface area contributed by atoms with Crippen molar-refractivity contribution in [3.8, 4) is 0 Å². The lowest BCUT2D eigenvalue weighted by molar-refractivity contribution is -0.137. The van der Waals surface area contributed by atoms with Gasteiger partial charge in [0.25, 0.3) is 0 Å². The van der Waals surface area contributed by atoms with Gasteiger partial charge in [0.05, 0.1) is 6.61 Å². The topological polar surface area (TPSA) is 58.6 Å². The molecular weight excluding hydrogens is 206 g/mol. The average molecular weight is 231 g/mol. The molecule has 0 fully saturated rings. The molecule has 96 valence electrons. The Hall–Kier alpha value is -0.610. The van der Waals surface area contributed by atoms with Gasteiger partial charge in [-0.2, -0.15) is 0 Å². The van der Waals surface area contributed by atoms with E-state index in [4.69, 9.17) is 9.84 Å². The molecule has 0 saturated heterocycles. The van der Waals surface area contributed by atoms with Crippen LogP contribution in [0.1, 0.15) is 39.5 Å². The number of aliphatic carboxylic acids is 1. The van der Waals surface area contributed by atoms with Crippen molar-refractivity contribution in [3.05, 3.63) is 0 Å². The second-order valence-corrected chi connectivity index (χ2v) is 4.19. The molecule has 0 aliphatic rings. The fourth-order valence-electron chi connectivity index (χ4n) is 1.38. The van der Waals surface area contributed by atoms with Gasteiger partial charge in [-0.05, 0) is 31.7 Å². The van der Waals surface area contributed by atoms with E-state index in [1.54, 1.807) is 0 Å². The SMILES string of the molecule is CCCOCCNCCC(C)CCC(=O)O. The van der Waals surface area contributed by atoms with E-state index in [0.717, 1.165) is 45.6 Å². The summed E-state index contributed by atoms with van der Waals surface area (Å²) in [5, 5.41) is 11.8. The van der Waals surface area contributed by atoms with Crippen molar-refractivity contribution >= 4 is 5.97 Å². The monoisotopic (exact) mass is 231 g/mol. The molecule has 0 radical (unpaired) electrons. The first kappa shape index (κ1) is 15.4. The molecule has 0 aromatic rings. The lowest BCUT2D eigenvalue weighted by Gasteiger charge is -2.10. The van der Waals surface area contributed by atoms with E-state index in [-0.39, 0.29) is 6.42 Å². The molecule has 0 saturated carbocycles. The van der Waals surface area contributed by atoms with E-state index < -0.39 is 5.97 Å². The number of hydrogen-bond acceptors (Lipinski definition) is 3. The molecule has 4 heteroatoms. The van der Waals surface area contributed by atoms with Gasteiger partial charge in [-0.3, -0.25) is 4.79 Å². The molecule has 0 rings (SSSR count). The van der Waals surface area contributed by atoms with Crippen LogP contribution in [0, 0.1) is 5.92 Å². The summed E-state index contributed by atoms with van der Waals surface area (Å²) in [7, 11) is 0. The Balaban J connectivity index is 3.15. The van der Waals surface area contributed by atoms with Gasteiger partial charge in [0.15, 0.2) is 0 Å². The number of rotatable bonds is 11. The maximum absolute atomic E-state index is 10.3. The van der Waals surface area contributed by atoms with Crippen LogP contribution in [0.15, 0.2) is 0 Å². The maximum Gasteiger partial charge on any atom is 0.303 e. The highest BCUT2D eigenvalue weighted by Crippen LogP contribution is 2.08. The highest BCUT2D eigenvalue weighted by Gasteiger charge is 2.04. The molecule has 0 heterocycles. The van der Waals surface area contributed by atoms with Crippen LogP contribution in [0.5, 0.6) is 0 Å². The summed E-state index contributed by atoms with van der Waals surface area (Å²) < 4.78 is 5.33. The van der Waals surface area contributed by atoms with Crippen LogP contribution in [0.4, 0.5) is 0 Å². The number of hydrogen-bond donors (Lipinski definition) is 2. The van der Waals surface area contributed by atoms with Crippen LogP contribution in [-0.4, -0.2) is 37.4 Å². The minimum absolute atomic E-state index is 0.279. The summed E-state index contributed by atoms with van der Waals surface area (Å²) in [6.45, 7) is 7.60. The van der Waals surface area contributed by atoms with Crippen LogP contribution in [0.3, 0.4) is 0 Å². The van der Waals surface area contributed by atoms with Crippen LogP contribution < -0.4 is 5.32 Å². The summed E-state index contributed by atoms with van der Waals surface area (Å²) in [4.78, 5) is 10.3. The molecule has 16 heavy (non-hydrogen) atoms. The fourth-order valence-corrected chi connectivity index (χ4v) is 1.38. The molecule has 0 amide bonds. The first-order valence-corrected chi connectivity index (χ1v) is 6.17. The predicted octanol–water partition coefficient (Wildman–Crippen LogP) is 1.89. The third-order valence-electron chi connectivity index (χ3n) is 2.44. The van der Waals surface area contributed by atoms with Crippen LogP contribution in [0.2, 0.25) is 0 Å². The lowest BCUT2D eigenvalue weighted by atomic mass is 10.0. The Morgan fingerprint density at radius 1 is 1.31 bits per heavy atom. The van der Waals surface area contributed by atoms with Crippen LogP contribution in [0.25, 0.3) is 0 Å². The largest absolute Gasteiger partial charge is 0.481 e. The number of carbonyl (C=O) groups is 1. The van der Waals surface area contributed by atoms with E-state index in [1.807, 2.05) is 0 Å². The molecule has 4 nitrogen and oxygen atoms in total. The molecule has 1 unspecified atom stereocenters. The standard InChI is InChI=1S/C12H25NO3/c1-3-9-16-10-8-13-7-6-11(2)4-5-12(14)15/h11,13H,3-10H2,1-2H3,(H,14,15). The number of carboxylic acid groups (broad SMARTS) is 1. The second-order valence-electron chi connectivity index (χ2n) is 4.19. The third kappa shape index (κ3) is 11.5. The van der Waals surface area contributed by atoms with Crippen LogP contribution in [-0.2, 0) is 9.53 Å². The number of nitrogens with one attached hydrogen (secondary N) is 1. The first-order chi connectivity index (χ1) is 7.66.